The highest BCUT2D eigenvalue weighted by Gasteiger charge is 2.15. The van der Waals surface area contributed by atoms with Crippen molar-refractivity contribution in [1.29, 1.82) is 0 Å². The maximum atomic E-state index is 5.36. The normalized spacial score (nSPS) is 19.9. The third kappa shape index (κ3) is 4.21. The van der Waals surface area contributed by atoms with Crippen LogP contribution in [0.2, 0.25) is 0 Å². The Balaban J connectivity index is 1.79. The maximum Gasteiger partial charge on any atom is 0.203 e. The third-order valence-electron chi connectivity index (χ3n) is 3.10. The van der Waals surface area contributed by atoms with Crippen molar-refractivity contribution in [1.82, 2.24) is 9.55 Å². The van der Waals surface area contributed by atoms with Crippen molar-refractivity contribution in [2.75, 3.05) is 30.0 Å². The van der Waals surface area contributed by atoms with Crippen LogP contribution in [-0.2, 0) is 11.3 Å². The average Bonchev–Trinajstić information content (AvgIpc) is 2.83. The zero-order chi connectivity index (χ0) is 12.6. The standard InChI is InChI=1S/C13H23N3OS/c1-2-17-9-4-7-16-8-6-14-13(16)15-12-5-3-10-18-11-12/h6,8,12H,2-5,7,9-11H2,1H3,(H,14,15). The molecule has 18 heavy (non-hydrogen) atoms. The molecular weight excluding hydrogens is 246 g/mol. The van der Waals surface area contributed by atoms with Gasteiger partial charge < -0.3 is 14.6 Å². The summed E-state index contributed by atoms with van der Waals surface area (Å²) in [5.41, 5.74) is 0. The van der Waals surface area contributed by atoms with Crippen molar-refractivity contribution in [2.24, 2.45) is 0 Å². The number of anilines is 1. The molecule has 0 amide bonds. The topological polar surface area (TPSA) is 39.1 Å². The van der Waals surface area contributed by atoms with Gasteiger partial charge >= 0.3 is 0 Å². The number of nitrogens with one attached hydrogen (secondary N) is 1. The molecule has 2 rings (SSSR count). The summed E-state index contributed by atoms with van der Waals surface area (Å²) in [6.07, 6.45) is 7.54. The Kier molecular flexibility index (Phi) is 5.87. The van der Waals surface area contributed by atoms with Crippen LogP contribution in [0, 0.1) is 0 Å². The molecule has 1 unspecified atom stereocenters. The lowest BCUT2D eigenvalue weighted by Gasteiger charge is -2.23. The fraction of sp³-hybridized carbons (Fsp3) is 0.769. The van der Waals surface area contributed by atoms with Crippen LogP contribution in [0.3, 0.4) is 0 Å². The molecule has 5 heteroatoms. The summed E-state index contributed by atoms with van der Waals surface area (Å²) in [7, 11) is 0. The largest absolute Gasteiger partial charge is 0.382 e. The minimum atomic E-state index is 0.580. The Morgan fingerprint density at radius 1 is 1.61 bits per heavy atom. The molecule has 1 N–H and O–H groups in total. The van der Waals surface area contributed by atoms with Gasteiger partial charge in [-0.25, -0.2) is 4.98 Å². The van der Waals surface area contributed by atoms with Crippen LogP contribution >= 0.6 is 11.8 Å². The molecule has 0 aliphatic carbocycles. The first-order chi connectivity index (χ1) is 8.90. The van der Waals surface area contributed by atoms with Gasteiger partial charge in [-0.3, -0.25) is 0 Å². The first-order valence-electron chi connectivity index (χ1n) is 6.83. The second-order valence-electron chi connectivity index (χ2n) is 4.55. The Morgan fingerprint density at radius 2 is 2.56 bits per heavy atom. The quantitative estimate of drug-likeness (QED) is 0.772. The van der Waals surface area contributed by atoms with E-state index in [1.54, 1.807) is 0 Å². The number of imidazole rings is 1. The van der Waals surface area contributed by atoms with E-state index in [-0.39, 0.29) is 0 Å². The Labute approximate surface area is 114 Å². The second kappa shape index (κ2) is 7.69. The van der Waals surface area contributed by atoms with Crippen LogP contribution in [0.5, 0.6) is 0 Å². The zero-order valence-corrected chi connectivity index (χ0v) is 11.9. The van der Waals surface area contributed by atoms with Crippen LogP contribution in [0.1, 0.15) is 26.2 Å². The molecule has 1 aromatic rings. The molecule has 0 saturated carbocycles. The van der Waals surface area contributed by atoms with Crippen molar-refractivity contribution in [3.63, 3.8) is 0 Å². The molecule has 4 nitrogen and oxygen atoms in total. The first-order valence-corrected chi connectivity index (χ1v) is 7.98. The highest BCUT2D eigenvalue weighted by molar-refractivity contribution is 7.99. The Hall–Kier alpha value is -0.680. The van der Waals surface area contributed by atoms with Gasteiger partial charge in [0.2, 0.25) is 5.95 Å². The van der Waals surface area contributed by atoms with Crippen LogP contribution in [0.4, 0.5) is 5.95 Å². The van der Waals surface area contributed by atoms with Gasteiger partial charge in [0.1, 0.15) is 0 Å². The lowest BCUT2D eigenvalue weighted by Crippen LogP contribution is -2.27. The van der Waals surface area contributed by atoms with Crippen LogP contribution in [0.15, 0.2) is 12.4 Å². The Bertz CT molecular complexity index is 337. The van der Waals surface area contributed by atoms with E-state index in [1.165, 1.54) is 24.3 Å². The monoisotopic (exact) mass is 269 g/mol. The van der Waals surface area contributed by atoms with E-state index in [9.17, 15) is 0 Å². The van der Waals surface area contributed by atoms with Crippen LogP contribution < -0.4 is 5.32 Å². The van der Waals surface area contributed by atoms with Crippen molar-refractivity contribution in [3.05, 3.63) is 12.4 Å². The van der Waals surface area contributed by atoms with Gasteiger partial charge in [0, 0.05) is 43.9 Å². The van der Waals surface area contributed by atoms with E-state index < -0.39 is 0 Å². The SMILES string of the molecule is CCOCCCn1ccnc1NC1CCCSC1. The molecule has 1 atom stereocenters. The number of hydrogen-bond acceptors (Lipinski definition) is 4. The summed E-state index contributed by atoms with van der Waals surface area (Å²) in [5, 5.41) is 3.56. The van der Waals surface area contributed by atoms with Gasteiger partial charge in [-0.1, -0.05) is 0 Å². The van der Waals surface area contributed by atoms with E-state index in [2.05, 4.69) is 14.9 Å². The summed E-state index contributed by atoms with van der Waals surface area (Å²) >= 11 is 2.04. The average molecular weight is 269 g/mol. The molecule has 0 bridgehead atoms. The summed E-state index contributed by atoms with van der Waals surface area (Å²) in [6.45, 7) is 4.63. The molecule has 2 heterocycles. The highest BCUT2D eigenvalue weighted by atomic mass is 32.2. The van der Waals surface area contributed by atoms with Gasteiger partial charge in [0.15, 0.2) is 0 Å². The predicted octanol–water partition coefficient (Wildman–Crippen LogP) is 2.62. The van der Waals surface area contributed by atoms with Crippen LogP contribution in [0.25, 0.3) is 0 Å². The molecule has 1 aliphatic heterocycles. The third-order valence-corrected chi connectivity index (χ3v) is 4.32. The molecule has 1 aromatic heterocycles. The highest BCUT2D eigenvalue weighted by Crippen LogP contribution is 2.20. The van der Waals surface area contributed by atoms with Gasteiger partial charge in [0.25, 0.3) is 0 Å². The molecule has 0 radical (unpaired) electrons. The number of hydrogen-bond donors (Lipinski definition) is 1. The van der Waals surface area contributed by atoms with Crippen molar-refractivity contribution in [2.45, 2.75) is 38.8 Å². The van der Waals surface area contributed by atoms with Crippen molar-refractivity contribution >= 4 is 17.7 Å². The van der Waals surface area contributed by atoms with Crippen molar-refractivity contribution in [3.8, 4) is 0 Å². The minimum absolute atomic E-state index is 0.580. The van der Waals surface area contributed by atoms with E-state index in [4.69, 9.17) is 4.74 Å². The number of rotatable bonds is 7. The first kappa shape index (κ1) is 13.7. The van der Waals surface area contributed by atoms with E-state index in [0.717, 1.165) is 32.1 Å². The predicted molar refractivity (Wildman–Crippen MR) is 77.3 cm³/mol. The molecule has 102 valence electrons. The zero-order valence-electron chi connectivity index (χ0n) is 11.1. The fourth-order valence-corrected chi connectivity index (χ4v) is 3.22. The van der Waals surface area contributed by atoms with Gasteiger partial charge in [-0.15, -0.1) is 0 Å². The van der Waals surface area contributed by atoms with Crippen molar-refractivity contribution < 1.29 is 4.74 Å². The number of ether oxygens (including phenoxy) is 1. The lowest BCUT2D eigenvalue weighted by atomic mass is 10.2. The van der Waals surface area contributed by atoms with Gasteiger partial charge in [0.05, 0.1) is 0 Å². The molecule has 1 aliphatic rings. The number of aromatic nitrogens is 2. The Morgan fingerprint density at radius 3 is 3.33 bits per heavy atom. The van der Waals surface area contributed by atoms with Gasteiger partial charge in [-0.2, -0.15) is 11.8 Å². The lowest BCUT2D eigenvalue weighted by molar-refractivity contribution is 0.142. The summed E-state index contributed by atoms with van der Waals surface area (Å²) in [5.74, 6) is 3.52. The number of aryl methyl sites for hydroxylation is 1. The second-order valence-corrected chi connectivity index (χ2v) is 5.70. The summed E-state index contributed by atoms with van der Waals surface area (Å²) < 4.78 is 7.56. The molecule has 1 fully saturated rings. The summed E-state index contributed by atoms with van der Waals surface area (Å²) in [6, 6.07) is 0.580. The number of thioether (sulfide) groups is 1. The van der Waals surface area contributed by atoms with E-state index >= 15 is 0 Å². The summed E-state index contributed by atoms with van der Waals surface area (Å²) in [4.78, 5) is 4.41. The van der Waals surface area contributed by atoms with E-state index in [0.29, 0.717) is 6.04 Å². The molecule has 1 saturated heterocycles. The smallest absolute Gasteiger partial charge is 0.203 e. The van der Waals surface area contributed by atoms with E-state index in [1.807, 2.05) is 31.1 Å². The number of nitrogens with zero attached hydrogens (tertiary/aromatic N) is 2. The fourth-order valence-electron chi connectivity index (χ4n) is 2.15. The molecule has 0 aromatic carbocycles. The van der Waals surface area contributed by atoms with Crippen LogP contribution in [-0.4, -0.2) is 40.3 Å². The minimum Gasteiger partial charge on any atom is -0.382 e. The van der Waals surface area contributed by atoms with Gasteiger partial charge in [-0.05, 0) is 31.9 Å². The molecule has 0 spiro atoms. The maximum absolute atomic E-state index is 5.36. The molecular formula is C13H23N3OS.